The van der Waals surface area contributed by atoms with Crippen molar-refractivity contribution in [1.29, 1.82) is 0 Å². The second-order valence-electron chi connectivity index (χ2n) is 5.39. The van der Waals surface area contributed by atoms with E-state index in [9.17, 15) is 0 Å². The van der Waals surface area contributed by atoms with Crippen LogP contribution >= 0.6 is 0 Å². The molecule has 0 heterocycles. The fourth-order valence-electron chi connectivity index (χ4n) is 2.51. The molecule has 1 nitrogen and oxygen atoms in total. The molecule has 1 unspecified atom stereocenters. The zero-order valence-corrected chi connectivity index (χ0v) is 12.6. The highest BCUT2D eigenvalue weighted by Gasteiger charge is 2.03. The highest BCUT2D eigenvalue weighted by molar-refractivity contribution is 5.17. The molecule has 1 heteroatoms. The topological polar surface area (TPSA) is 9.23 Å². The molecule has 108 valence electrons. The van der Waals surface area contributed by atoms with E-state index in [-0.39, 0.29) is 6.10 Å². The standard InChI is InChI=1S/C18H30O/c1-2-19-18-16-14-12-10-8-6-4-3-5-7-9-11-13-15-17-18/h10,12,18H,2-9,11,13,15,17H2,1H3/b12-10+. The van der Waals surface area contributed by atoms with Crippen LogP contribution in [0.2, 0.25) is 0 Å². The molecule has 1 aliphatic rings. The predicted octanol–water partition coefficient (Wildman–Crippen LogP) is 5.26. The van der Waals surface area contributed by atoms with Crippen molar-refractivity contribution in [2.75, 3.05) is 6.61 Å². The molecule has 0 spiro atoms. The van der Waals surface area contributed by atoms with E-state index in [1.54, 1.807) is 0 Å². The maximum atomic E-state index is 5.68. The molecule has 0 amide bonds. The Bertz CT molecular complexity index is 282. The van der Waals surface area contributed by atoms with Crippen molar-refractivity contribution in [3.63, 3.8) is 0 Å². The molecule has 0 aromatic carbocycles. The van der Waals surface area contributed by atoms with Crippen molar-refractivity contribution in [3.05, 3.63) is 12.2 Å². The summed E-state index contributed by atoms with van der Waals surface area (Å²) in [5, 5.41) is 0. The van der Waals surface area contributed by atoms with Gasteiger partial charge in [0.25, 0.3) is 0 Å². The van der Waals surface area contributed by atoms with E-state index >= 15 is 0 Å². The summed E-state index contributed by atoms with van der Waals surface area (Å²) >= 11 is 0. The largest absolute Gasteiger partial charge is 0.366 e. The van der Waals surface area contributed by atoms with Gasteiger partial charge in [0.2, 0.25) is 0 Å². The van der Waals surface area contributed by atoms with Gasteiger partial charge in [-0.1, -0.05) is 62.9 Å². The average molecular weight is 262 g/mol. The first-order valence-electron chi connectivity index (χ1n) is 8.21. The van der Waals surface area contributed by atoms with E-state index in [0.29, 0.717) is 0 Å². The molecule has 1 aliphatic carbocycles. The van der Waals surface area contributed by atoms with Crippen LogP contribution in [0.4, 0.5) is 0 Å². The van der Waals surface area contributed by atoms with Gasteiger partial charge in [-0.3, -0.25) is 0 Å². The highest BCUT2D eigenvalue weighted by Crippen LogP contribution is 2.13. The minimum absolute atomic E-state index is 0.141. The summed E-state index contributed by atoms with van der Waals surface area (Å²) in [7, 11) is 0. The fraction of sp³-hybridized carbons (Fsp3) is 0.778. The van der Waals surface area contributed by atoms with Gasteiger partial charge in [0.05, 0.1) is 0 Å². The van der Waals surface area contributed by atoms with E-state index in [0.717, 1.165) is 13.0 Å². The third kappa shape index (κ3) is 9.79. The van der Waals surface area contributed by atoms with Crippen LogP contribution in [0.1, 0.15) is 77.6 Å². The molecular formula is C18H30O. The van der Waals surface area contributed by atoms with E-state index in [1.165, 1.54) is 64.2 Å². The number of hydrogen-bond acceptors (Lipinski definition) is 1. The summed E-state index contributed by atoms with van der Waals surface area (Å²) in [6.45, 7) is 2.82. The van der Waals surface area contributed by atoms with Crippen LogP contribution in [0.15, 0.2) is 12.2 Å². The van der Waals surface area contributed by atoms with Crippen molar-refractivity contribution in [3.8, 4) is 11.8 Å². The summed E-state index contributed by atoms with van der Waals surface area (Å²) in [6, 6.07) is 0. The van der Waals surface area contributed by atoms with Crippen molar-refractivity contribution in [2.24, 2.45) is 0 Å². The molecule has 0 N–H and O–H groups in total. The molecule has 0 aromatic heterocycles. The predicted molar refractivity (Wildman–Crippen MR) is 83.1 cm³/mol. The van der Waals surface area contributed by atoms with E-state index in [4.69, 9.17) is 4.74 Å². The summed E-state index contributed by atoms with van der Waals surface area (Å²) in [5.74, 6) is 6.39. The zero-order chi connectivity index (χ0) is 13.6. The lowest BCUT2D eigenvalue weighted by atomic mass is 10.0. The van der Waals surface area contributed by atoms with Crippen molar-refractivity contribution in [1.82, 2.24) is 0 Å². The first-order chi connectivity index (χ1) is 9.43. The molecule has 0 aromatic rings. The average Bonchev–Trinajstić information content (AvgIpc) is 2.41. The van der Waals surface area contributed by atoms with Gasteiger partial charge in [0.1, 0.15) is 6.10 Å². The minimum Gasteiger partial charge on any atom is -0.366 e. The Morgan fingerprint density at radius 2 is 1.58 bits per heavy atom. The molecule has 0 fully saturated rings. The Hall–Kier alpha value is -0.740. The quantitative estimate of drug-likeness (QED) is 0.617. The minimum atomic E-state index is 0.141. The van der Waals surface area contributed by atoms with E-state index in [1.807, 2.05) is 6.08 Å². The Kier molecular flexibility index (Phi) is 10.6. The van der Waals surface area contributed by atoms with Gasteiger partial charge in [0, 0.05) is 6.61 Å². The number of hydrogen-bond donors (Lipinski definition) is 0. The van der Waals surface area contributed by atoms with Gasteiger partial charge in [0.15, 0.2) is 0 Å². The third-order valence-corrected chi connectivity index (χ3v) is 3.65. The van der Waals surface area contributed by atoms with Gasteiger partial charge < -0.3 is 4.74 Å². The van der Waals surface area contributed by atoms with Gasteiger partial charge in [-0.15, -0.1) is 0 Å². The normalized spacial score (nSPS) is 25.2. The summed E-state index contributed by atoms with van der Waals surface area (Å²) in [6.07, 6.45) is 18.9. The first kappa shape index (κ1) is 16.3. The Morgan fingerprint density at radius 3 is 2.26 bits per heavy atom. The molecule has 0 saturated carbocycles. The Labute approximate surface area is 119 Å². The van der Waals surface area contributed by atoms with Crippen LogP contribution in [0.25, 0.3) is 0 Å². The Morgan fingerprint density at radius 1 is 0.947 bits per heavy atom. The monoisotopic (exact) mass is 262 g/mol. The number of rotatable bonds is 2. The van der Waals surface area contributed by atoms with Crippen molar-refractivity contribution in [2.45, 2.75) is 83.7 Å². The highest BCUT2D eigenvalue weighted by atomic mass is 16.5. The molecule has 19 heavy (non-hydrogen) atoms. The van der Waals surface area contributed by atoms with Crippen LogP contribution in [0, 0.1) is 11.8 Å². The van der Waals surface area contributed by atoms with Crippen molar-refractivity contribution < 1.29 is 4.74 Å². The molecule has 0 saturated heterocycles. The van der Waals surface area contributed by atoms with Crippen LogP contribution in [-0.2, 0) is 4.74 Å². The van der Waals surface area contributed by atoms with Gasteiger partial charge >= 0.3 is 0 Å². The first-order valence-corrected chi connectivity index (χ1v) is 8.21. The smallest absolute Gasteiger partial charge is 0.118 e. The van der Waals surface area contributed by atoms with E-state index in [2.05, 4.69) is 24.8 Å². The van der Waals surface area contributed by atoms with Gasteiger partial charge in [-0.05, 0) is 38.7 Å². The number of allylic oxidation sites excluding steroid dienone is 2. The summed E-state index contributed by atoms with van der Waals surface area (Å²) in [4.78, 5) is 0. The second kappa shape index (κ2) is 12.3. The van der Waals surface area contributed by atoms with Gasteiger partial charge in [-0.25, -0.2) is 0 Å². The fourth-order valence-corrected chi connectivity index (χ4v) is 2.51. The lowest BCUT2D eigenvalue weighted by Gasteiger charge is -2.10. The summed E-state index contributed by atoms with van der Waals surface area (Å²) < 4.78 is 5.68. The van der Waals surface area contributed by atoms with Crippen LogP contribution in [0.5, 0.6) is 0 Å². The van der Waals surface area contributed by atoms with Crippen molar-refractivity contribution >= 4 is 0 Å². The van der Waals surface area contributed by atoms with Crippen LogP contribution < -0.4 is 0 Å². The second-order valence-corrected chi connectivity index (χ2v) is 5.39. The molecule has 0 radical (unpaired) electrons. The molecule has 0 aliphatic heterocycles. The Balaban J connectivity index is 2.39. The molecule has 1 rings (SSSR count). The third-order valence-electron chi connectivity index (χ3n) is 3.65. The summed E-state index contributed by atoms with van der Waals surface area (Å²) in [5.41, 5.74) is 0. The SMILES string of the molecule is CCOC1C#C/C=C/CCCCCCCCCCC1. The van der Waals surface area contributed by atoms with E-state index < -0.39 is 0 Å². The molecular weight excluding hydrogens is 232 g/mol. The number of ether oxygens (including phenoxy) is 1. The lowest BCUT2D eigenvalue weighted by molar-refractivity contribution is 0.0948. The van der Waals surface area contributed by atoms with Crippen LogP contribution in [0.3, 0.4) is 0 Å². The maximum absolute atomic E-state index is 5.68. The van der Waals surface area contributed by atoms with Gasteiger partial charge in [-0.2, -0.15) is 0 Å². The molecule has 0 bridgehead atoms. The lowest BCUT2D eigenvalue weighted by Crippen LogP contribution is -2.10. The molecule has 1 atom stereocenters. The van der Waals surface area contributed by atoms with Crippen LogP contribution in [-0.4, -0.2) is 12.7 Å². The maximum Gasteiger partial charge on any atom is 0.118 e. The zero-order valence-electron chi connectivity index (χ0n) is 12.6.